The summed E-state index contributed by atoms with van der Waals surface area (Å²) in [7, 11) is 1.64. The molecule has 3 rings (SSSR count). The number of amides is 1. The number of rotatable bonds is 4. The highest BCUT2D eigenvalue weighted by molar-refractivity contribution is 9.10. The molecule has 22 heavy (non-hydrogen) atoms. The van der Waals surface area contributed by atoms with Crippen molar-refractivity contribution in [2.24, 2.45) is 0 Å². The topological polar surface area (TPSA) is 41.6 Å². The molecule has 0 aliphatic carbocycles. The van der Waals surface area contributed by atoms with Gasteiger partial charge in [-0.25, -0.2) is 0 Å². The number of anilines is 1. The molecule has 2 aromatic rings. The third-order valence-corrected chi connectivity index (χ3v) is 4.27. The van der Waals surface area contributed by atoms with Crippen LogP contribution in [0.25, 0.3) is 0 Å². The number of carbonyl (C=O) groups excluding carboxylic acids is 1. The maximum Gasteiger partial charge on any atom is 0.257 e. The van der Waals surface area contributed by atoms with Crippen molar-refractivity contribution in [1.82, 2.24) is 4.90 Å². The van der Waals surface area contributed by atoms with Crippen molar-refractivity contribution in [2.75, 3.05) is 25.6 Å². The average molecular weight is 361 g/mol. The zero-order chi connectivity index (χ0) is 15.5. The van der Waals surface area contributed by atoms with Gasteiger partial charge in [0.1, 0.15) is 6.17 Å². The van der Waals surface area contributed by atoms with Crippen LogP contribution in [0.2, 0.25) is 0 Å². The number of halogens is 1. The van der Waals surface area contributed by atoms with E-state index in [9.17, 15) is 4.79 Å². The zero-order valence-corrected chi connectivity index (χ0v) is 13.8. The molecule has 0 fully saturated rings. The second-order valence-corrected chi connectivity index (χ2v) is 6.05. The number of methoxy groups -OCH3 is 1. The molecular weight excluding hydrogens is 344 g/mol. The summed E-state index contributed by atoms with van der Waals surface area (Å²) in [5.74, 6) is 0.0271. The van der Waals surface area contributed by atoms with E-state index in [1.807, 2.05) is 53.4 Å². The van der Waals surface area contributed by atoms with Crippen LogP contribution in [-0.4, -0.2) is 31.1 Å². The minimum Gasteiger partial charge on any atom is -0.383 e. The first kappa shape index (κ1) is 15.1. The average Bonchev–Trinajstić information content (AvgIpc) is 2.55. The smallest absolute Gasteiger partial charge is 0.257 e. The lowest BCUT2D eigenvalue weighted by Gasteiger charge is -2.38. The minimum absolute atomic E-state index is 0.0271. The SMILES string of the molecule is COCCN1C(=O)c2ccccc2NC1c1ccc(Br)cc1. The van der Waals surface area contributed by atoms with Gasteiger partial charge in [0, 0.05) is 23.8 Å². The monoisotopic (exact) mass is 360 g/mol. The van der Waals surface area contributed by atoms with E-state index >= 15 is 0 Å². The summed E-state index contributed by atoms with van der Waals surface area (Å²) < 4.78 is 6.17. The van der Waals surface area contributed by atoms with Gasteiger partial charge in [-0.1, -0.05) is 40.2 Å². The molecule has 0 bridgehead atoms. The third-order valence-electron chi connectivity index (χ3n) is 3.74. The molecule has 1 amide bonds. The number of carbonyl (C=O) groups is 1. The Balaban J connectivity index is 1.99. The van der Waals surface area contributed by atoms with Crippen LogP contribution >= 0.6 is 15.9 Å². The molecule has 1 heterocycles. The summed E-state index contributed by atoms with van der Waals surface area (Å²) in [6.45, 7) is 1.04. The molecule has 4 nitrogen and oxygen atoms in total. The van der Waals surface area contributed by atoms with Crippen LogP contribution in [0, 0.1) is 0 Å². The predicted molar refractivity (Wildman–Crippen MR) is 89.9 cm³/mol. The van der Waals surface area contributed by atoms with Gasteiger partial charge in [-0.2, -0.15) is 0 Å². The Hall–Kier alpha value is -1.85. The fraction of sp³-hybridized carbons (Fsp3) is 0.235. The van der Waals surface area contributed by atoms with Crippen molar-refractivity contribution in [3.05, 3.63) is 64.1 Å². The minimum atomic E-state index is -0.189. The van der Waals surface area contributed by atoms with Crippen LogP contribution in [0.1, 0.15) is 22.1 Å². The fourth-order valence-electron chi connectivity index (χ4n) is 2.62. The van der Waals surface area contributed by atoms with Gasteiger partial charge in [0.15, 0.2) is 0 Å². The zero-order valence-electron chi connectivity index (χ0n) is 12.3. The van der Waals surface area contributed by atoms with E-state index < -0.39 is 0 Å². The summed E-state index contributed by atoms with van der Waals surface area (Å²) in [5.41, 5.74) is 2.61. The van der Waals surface area contributed by atoms with Gasteiger partial charge in [0.05, 0.1) is 12.2 Å². The lowest BCUT2D eigenvalue weighted by Crippen LogP contribution is -2.44. The van der Waals surface area contributed by atoms with Crippen LogP contribution in [0.5, 0.6) is 0 Å². The highest BCUT2D eigenvalue weighted by Crippen LogP contribution is 2.33. The number of ether oxygens (including phenoxy) is 1. The first-order valence-corrected chi connectivity index (χ1v) is 7.91. The van der Waals surface area contributed by atoms with Gasteiger partial charge in [-0.05, 0) is 29.8 Å². The van der Waals surface area contributed by atoms with E-state index in [1.54, 1.807) is 7.11 Å². The standard InChI is InChI=1S/C17H17BrN2O2/c1-22-11-10-20-16(12-6-8-13(18)9-7-12)19-15-5-3-2-4-14(15)17(20)21/h2-9,16,19H,10-11H2,1H3. The van der Waals surface area contributed by atoms with E-state index in [4.69, 9.17) is 4.74 Å². The molecule has 1 N–H and O–H groups in total. The first-order valence-electron chi connectivity index (χ1n) is 7.11. The van der Waals surface area contributed by atoms with Gasteiger partial charge in [-0.15, -0.1) is 0 Å². The molecular formula is C17H17BrN2O2. The number of para-hydroxylation sites is 1. The third kappa shape index (κ3) is 2.87. The number of nitrogens with one attached hydrogen (secondary N) is 1. The van der Waals surface area contributed by atoms with E-state index in [1.165, 1.54) is 0 Å². The van der Waals surface area contributed by atoms with Crippen LogP contribution in [0.4, 0.5) is 5.69 Å². The van der Waals surface area contributed by atoms with Gasteiger partial charge in [-0.3, -0.25) is 4.79 Å². The molecule has 2 aromatic carbocycles. The Labute approximate surface area is 138 Å². The first-order chi connectivity index (χ1) is 10.7. The summed E-state index contributed by atoms with van der Waals surface area (Å²) in [5, 5.41) is 3.46. The Bertz CT molecular complexity index is 673. The van der Waals surface area contributed by atoms with E-state index in [0.717, 1.165) is 15.7 Å². The van der Waals surface area contributed by atoms with Gasteiger partial charge in [0.2, 0.25) is 0 Å². The number of benzene rings is 2. The maximum atomic E-state index is 12.8. The van der Waals surface area contributed by atoms with Gasteiger partial charge in [0.25, 0.3) is 5.91 Å². The second kappa shape index (κ2) is 6.50. The number of hydrogen-bond acceptors (Lipinski definition) is 3. The highest BCUT2D eigenvalue weighted by Gasteiger charge is 2.32. The molecule has 0 saturated heterocycles. The Kier molecular flexibility index (Phi) is 4.45. The van der Waals surface area contributed by atoms with Crippen molar-refractivity contribution in [3.63, 3.8) is 0 Å². The Morgan fingerprint density at radius 1 is 1.18 bits per heavy atom. The highest BCUT2D eigenvalue weighted by atomic mass is 79.9. The van der Waals surface area contributed by atoms with Crippen molar-refractivity contribution in [1.29, 1.82) is 0 Å². The van der Waals surface area contributed by atoms with E-state index in [2.05, 4.69) is 21.2 Å². The number of hydrogen-bond donors (Lipinski definition) is 1. The molecule has 5 heteroatoms. The molecule has 0 radical (unpaired) electrons. The normalized spacial score (nSPS) is 17.1. The molecule has 1 aliphatic rings. The molecule has 0 spiro atoms. The lowest BCUT2D eigenvalue weighted by atomic mass is 10.0. The van der Waals surface area contributed by atoms with E-state index in [0.29, 0.717) is 18.7 Å². The lowest BCUT2D eigenvalue weighted by molar-refractivity contribution is 0.0609. The van der Waals surface area contributed by atoms with Crippen molar-refractivity contribution >= 4 is 27.5 Å². The maximum absolute atomic E-state index is 12.8. The van der Waals surface area contributed by atoms with Crippen molar-refractivity contribution < 1.29 is 9.53 Å². The van der Waals surface area contributed by atoms with Gasteiger partial charge < -0.3 is 15.0 Å². The fourth-order valence-corrected chi connectivity index (χ4v) is 2.89. The molecule has 1 atom stereocenters. The molecule has 1 aliphatic heterocycles. The molecule has 0 saturated carbocycles. The summed E-state index contributed by atoms with van der Waals surface area (Å²) in [6.07, 6.45) is -0.189. The molecule has 0 aromatic heterocycles. The summed E-state index contributed by atoms with van der Waals surface area (Å²) in [6, 6.07) is 15.6. The van der Waals surface area contributed by atoms with Crippen LogP contribution in [0.15, 0.2) is 53.0 Å². The Morgan fingerprint density at radius 2 is 1.91 bits per heavy atom. The molecule has 114 valence electrons. The van der Waals surface area contributed by atoms with E-state index in [-0.39, 0.29) is 12.1 Å². The van der Waals surface area contributed by atoms with Gasteiger partial charge >= 0.3 is 0 Å². The predicted octanol–water partition coefficient (Wildman–Crippen LogP) is 3.66. The molecule has 1 unspecified atom stereocenters. The van der Waals surface area contributed by atoms with Crippen LogP contribution in [0.3, 0.4) is 0 Å². The number of nitrogens with zero attached hydrogens (tertiary/aromatic N) is 1. The second-order valence-electron chi connectivity index (χ2n) is 5.14. The van der Waals surface area contributed by atoms with Crippen LogP contribution < -0.4 is 5.32 Å². The van der Waals surface area contributed by atoms with Crippen LogP contribution in [-0.2, 0) is 4.74 Å². The summed E-state index contributed by atoms with van der Waals surface area (Å²) in [4.78, 5) is 14.6. The largest absolute Gasteiger partial charge is 0.383 e. The van der Waals surface area contributed by atoms with Crippen molar-refractivity contribution in [3.8, 4) is 0 Å². The van der Waals surface area contributed by atoms with Crippen molar-refractivity contribution in [2.45, 2.75) is 6.17 Å². The Morgan fingerprint density at radius 3 is 2.64 bits per heavy atom. The quantitative estimate of drug-likeness (QED) is 0.904. The summed E-state index contributed by atoms with van der Waals surface area (Å²) >= 11 is 3.44. The number of fused-ring (bicyclic) bond motifs is 1.